The first-order valence-corrected chi connectivity index (χ1v) is 22.0. The van der Waals surface area contributed by atoms with Crippen LogP contribution in [0.4, 0.5) is 0 Å². The molecule has 292 valence electrons. The zero-order valence-electron chi connectivity index (χ0n) is 31.9. The fraction of sp³-hybridized carbons (Fsp3) is 0.949. The highest BCUT2D eigenvalue weighted by Crippen LogP contribution is 2.43. The minimum atomic E-state index is -4.36. The van der Waals surface area contributed by atoms with Crippen molar-refractivity contribution in [3.8, 4) is 0 Å². The van der Waals surface area contributed by atoms with Crippen molar-refractivity contribution in [3.63, 3.8) is 0 Å². The summed E-state index contributed by atoms with van der Waals surface area (Å²) in [5.41, 5.74) is 5.34. The van der Waals surface area contributed by atoms with Gasteiger partial charge in [0, 0.05) is 19.4 Å². The Morgan fingerprint density at radius 3 is 1.24 bits per heavy atom. The molecule has 0 saturated heterocycles. The van der Waals surface area contributed by atoms with Crippen molar-refractivity contribution < 1.29 is 37.6 Å². The van der Waals surface area contributed by atoms with Gasteiger partial charge >= 0.3 is 19.8 Å². The molecule has 0 heterocycles. The number of unbranched alkanes of at least 4 members (excludes halogenated alkanes) is 26. The molecule has 9 nitrogen and oxygen atoms in total. The van der Waals surface area contributed by atoms with Gasteiger partial charge in [0.25, 0.3) is 0 Å². The third-order valence-electron chi connectivity index (χ3n) is 8.99. The first-order valence-electron chi connectivity index (χ1n) is 20.5. The normalized spacial score (nSPS) is 13.3. The fourth-order valence-electron chi connectivity index (χ4n) is 5.93. The number of hydrogen-bond donors (Lipinski definition) is 2. The number of rotatable bonds is 39. The minimum Gasteiger partial charge on any atom is -0.462 e. The van der Waals surface area contributed by atoms with Gasteiger partial charge in [-0.15, -0.1) is 0 Å². The molecule has 10 heteroatoms. The maximum atomic E-state index is 12.5. The average Bonchev–Trinajstić information content (AvgIpc) is 3.08. The van der Waals surface area contributed by atoms with Crippen LogP contribution < -0.4 is 5.73 Å². The fourth-order valence-corrected chi connectivity index (χ4v) is 6.69. The van der Waals surface area contributed by atoms with Crippen LogP contribution in [-0.4, -0.2) is 49.3 Å². The summed E-state index contributed by atoms with van der Waals surface area (Å²) in [6.45, 7) is 3.76. The molecule has 0 radical (unpaired) electrons. The maximum absolute atomic E-state index is 12.5. The van der Waals surface area contributed by atoms with E-state index in [2.05, 4.69) is 13.8 Å². The zero-order chi connectivity index (χ0) is 36.1. The number of hydrogen-bond acceptors (Lipinski definition) is 8. The van der Waals surface area contributed by atoms with E-state index in [1.165, 1.54) is 141 Å². The molecule has 0 rings (SSSR count). The van der Waals surface area contributed by atoms with Crippen LogP contribution in [0.2, 0.25) is 0 Å². The van der Waals surface area contributed by atoms with Crippen LogP contribution in [-0.2, 0) is 32.7 Å². The van der Waals surface area contributed by atoms with E-state index in [-0.39, 0.29) is 38.6 Å². The molecule has 3 N–H and O–H groups in total. The topological polar surface area (TPSA) is 134 Å². The van der Waals surface area contributed by atoms with E-state index in [0.29, 0.717) is 6.42 Å². The van der Waals surface area contributed by atoms with Gasteiger partial charge in [-0.1, -0.05) is 181 Å². The summed E-state index contributed by atoms with van der Waals surface area (Å²) >= 11 is 0. The second-order valence-corrected chi connectivity index (χ2v) is 15.3. The molecule has 49 heavy (non-hydrogen) atoms. The molecule has 0 aromatic heterocycles. The molecule has 0 bridgehead atoms. The van der Waals surface area contributed by atoms with E-state index >= 15 is 0 Å². The highest BCUT2D eigenvalue weighted by molar-refractivity contribution is 7.47. The van der Waals surface area contributed by atoms with Crippen LogP contribution in [0.25, 0.3) is 0 Å². The molecule has 0 aliphatic heterocycles. The zero-order valence-corrected chi connectivity index (χ0v) is 32.8. The van der Waals surface area contributed by atoms with Crippen molar-refractivity contribution >= 4 is 19.8 Å². The Morgan fingerprint density at radius 1 is 0.531 bits per heavy atom. The number of carbonyl (C=O) groups excluding carboxylic acids is 2. The van der Waals surface area contributed by atoms with Crippen molar-refractivity contribution in [2.24, 2.45) is 5.73 Å². The molecular weight excluding hydrogens is 641 g/mol. The lowest BCUT2D eigenvalue weighted by Gasteiger charge is -2.19. The van der Waals surface area contributed by atoms with Crippen molar-refractivity contribution in [1.82, 2.24) is 0 Å². The van der Waals surface area contributed by atoms with Crippen LogP contribution in [0.15, 0.2) is 0 Å². The summed E-state index contributed by atoms with van der Waals surface area (Å²) in [6, 6.07) is 0. The second kappa shape index (κ2) is 36.8. The Morgan fingerprint density at radius 2 is 0.878 bits per heavy atom. The van der Waals surface area contributed by atoms with Crippen molar-refractivity contribution in [3.05, 3.63) is 0 Å². The third kappa shape index (κ3) is 36.6. The van der Waals surface area contributed by atoms with Gasteiger partial charge in [0.1, 0.15) is 6.61 Å². The van der Waals surface area contributed by atoms with Gasteiger partial charge in [-0.25, -0.2) is 4.57 Å². The molecule has 0 aromatic rings. The lowest BCUT2D eigenvalue weighted by Crippen LogP contribution is -2.29. The Balaban J connectivity index is 4.14. The van der Waals surface area contributed by atoms with E-state index in [9.17, 15) is 19.0 Å². The van der Waals surface area contributed by atoms with Crippen molar-refractivity contribution in [2.75, 3.05) is 26.4 Å². The molecular formula is C39H78NO8P. The molecule has 2 atom stereocenters. The van der Waals surface area contributed by atoms with Gasteiger partial charge in [0.2, 0.25) is 0 Å². The van der Waals surface area contributed by atoms with Gasteiger partial charge in [-0.2, -0.15) is 0 Å². The lowest BCUT2D eigenvalue weighted by molar-refractivity contribution is -0.161. The summed E-state index contributed by atoms with van der Waals surface area (Å²) in [4.78, 5) is 34.8. The van der Waals surface area contributed by atoms with Gasteiger partial charge in [0.15, 0.2) is 6.10 Å². The third-order valence-corrected chi connectivity index (χ3v) is 9.98. The Bertz CT molecular complexity index is 784. The summed E-state index contributed by atoms with van der Waals surface area (Å²) < 4.78 is 32.7. The number of nitrogens with two attached hydrogens (primary N) is 1. The Hall–Kier alpha value is -0.990. The number of esters is 2. The molecule has 0 aliphatic carbocycles. The quantitative estimate of drug-likeness (QED) is 0.0361. The molecule has 0 spiro atoms. The highest BCUT2D eigenvalue weighted by Gasteiger charge is 2.26. The largest absolute Gasteiger partial charge is 0.472 e. The first-order chi connectivity index (χ1) is 23.8. The SMILES string of the molecule is CCCCCCCCCCCCCCCCCC(=O)OC[C@H](COP(=O)(O)OCCN)OC(=O)CCCCCCCCCCCCCCC. The van der Waals surface area contributed by atoms with Crippen LogP contribution >= 0.6 is 7.82 Å². The minimum absolute atomic E-state index is 0.0579. The monoisotopic (exact) mass is 720 g/mol. The van der Waals surface area contributed by atoms with Gasteiger partial charge in [-0.05, 0) is 12.8 Å². The molecule has 1 unspecified atom stereocenters. The highest BCUT2D eigenvalue weighted by atomic mass is 31.2. The van der Waals surface area contributed by atoms with Crippen LogP contribution in [0.3, 0.4) is 0 Å². The number of ether oxygens (including phenoxy) is 2. The number of phosphoric ester groups is 1. The molecule has 0 aliphatic rings. The molecule has 0 amide bonds. The van der Waals surface area contributed by atoms with Crippen molar-refractivity contribution in [2.45, 2.75) is 213 Å². The number of carbonyl (C=O) groups is 2. The van der Waals surface area contributed by atoms with Gasteiger partial charge < -0.3 is 20.1 Å². The van der Waals surface area contributed by atoms with Gasteiger partial charge in [0.05, 0.1) is 13.2 Å². The smallest absolute Gasteiger partial charge is 0.462 e. The van der Waals surface area contributed by atoms with Crippen molar-refractivity contribution in [1.29, 1.82) is 0 Å². The standard InChI is InChI=1S/C39H78NO8P/c1-3-5-7-9-11-13-15-17-18-20-21-23-25-27-29-31-38(41)45-35-37(36-47-49(43,44)46-34-33-40)48-39(42)32-30-28-26-24-22-19-16-14-12-10-8-6-4-2/h37H,3-36,40H2,1-2H3,(H,43,44)/t37-/m1/s1. The van der Waals surface area contributed by atoms with Crippen LogP contribution in [0.5, 0.6) is 0 Å². The lowest BCUT2D eigenvalue weighted by atomic mass is 10.0. The first kappa shape index (κ1) is 48.0. The number of phosphoric acid groups is 1. The Labute approximate surface area is 301 Å². The second-order valence-electron chi connectivity index (χ2n) is 13.9. The summed E-state index contributed by atoms with van der Waals surface area (Å²) in [5.74, 6) is -0.815. The van der Waals surface area contributed by atoms with Crippen LogP contribution in [0, 0.1) is 0 Å². The van der Waals surface area contributed by atoms with Crippen LogP contribution in [0.1, 0.15) is 206 Å². The van der Waals surface area contributed by atoms with E-state index in [4.69, 9.17) is 24.3 Å². The predicted molar refractivity (Wildman–Crippen MR) is 201 cm³/mol. The molecule has 0 aromatic carbocycles. The summed E-state index contributed by atoms with van der Waals surface area (Å²) in [6.07, 6.45) is 34.1. The van der Waals surface area contributed by atoms with E-state index in [1.54, 1.807) is 0 Å². The van der Waals surface area contributed by atoms with E-state index in [0.717, 1.165) is 32.1 Å². The maximum Gasteiger partial charge on any atom is 0.472 e. The van der Waals surface area contributed by atoms with Gasteiger partial charge in [-0.3, -0.25) is 18.6 Å². The summed E-state index contributed by atoms with van der Waals surface area (Å²) in [7, 11) is -4.36. The van der Waals surface area contributed by atoms with E-state index in [1.807, 2.05) is 0 Å². The Kier molecular flexibility index (Phi) is 36.0. The molecule has 0 saturated carbocycles. The predicted octanol–water partition coefficient (Wildman–Crippen LogP) is 11.3. The summed E-state index contributed by atoms with van der Waals surface area (Å²) in [5, 5.41) is 0. The van der Waals surface area contributed by atoms with E-state index < -0.39 is 26.5 Å². The molecule has 0 fully saturated rings. The average molecular weight is 720 g/mol.